The number of hydrogen-bond acceptors (Lipinski definition) is 4. The van der Waals surface area contributed by atoms with E-state index in [0.717, 1.165) is 28.3 Å². The van der Waals surface area contributed by atoms with Gasteiger partial charge in [0.15, 0.2) is 5.65 Å². The van der Waals surface area contributed by atoms with Gasteiger partial charge in [-0.05, 0) is 67.9 Å². The van der Waals surface area contributed by atoms with Crippen LogP contribution in [0.1, 0.15) is 38.5 Å². The Morgan fingerprint density at radius 2 is 1.76 bits per heavy atom. The number of H-pyrrole nitrogens is 1. The number of hydrogen-bond donors (Lipinski definition) is 1. The van der Waals surface area contributed by atoms with Crippen LogP contribution in [0.5, 0.6) is 0 Å². The summed E-state index contributed by atoms with van der Waals surface area (Å²) in [6.07, 6.45) is 10.1. The first-order valence-electron chi connectivity index (χ1n) is 7.75. The number of nitrogens with zero attached hydrogens (tertiary/aromatic N) is 3. The molecule has 6 heteroatoms. The maximum absolute atomic E-state index is 6.08. The molecule has 0 spiro atoms. The van der Waals surface area contributed by atoms with Crippen molar-refractivity contribution in [3.63, 3.8) is 0 Å². The average molecular weight is 321 g/mol. The topological polar surface area (TPSA) is 54.5 Å². The quantitative estimate of drug-likeness (QED) is 0.669. The highest BCUT2D eigenvalue weighted by Crippen LogP contribution is 2.62. The van der Waals surface area contributed by atoms with Crippen molar-refractivity contribution in [2.75, 3.05) is 0 Å². The maximum Gasteiger partial charge on any atom is 0.225 e. The van der Waals surface area contributed by atoms with Crippen LogP contribution in [0.3, 0.4) is 0 Å². The molecule has 0 aliphatic heterocycles. The van der Waals surface area contributed by atoms with Gasteiger partial charge in [-0.15, -0.1) is 0 Å². The number of imidazole rings is 1. The number of rotatable bonds is 2. The molecule has 0 amide bonds. The molecule has 4 saturated carbocycles. The molecule has 4 bridgehead atoms. The van der Waals surface area contributed by atoms with Crippen LogP contribution >= 0.6 is 23.4 Å². The second-order valence-corrected chi connectivity index (χ2v) is 8.90. The first kappa shape index (κ1) is 12.7. The second kappa shape index (κ2) is 4.35. The third-order valence-corrected chi connectivity index (χ3v) is 7.11. The summed E-state index contributed by atoms with van der Waals surface area (Å²) in [5.74, 6) is 2.83. The van der Waals surface area contributed by atoms with Crippen LogP contribution < -0.4 is 0 Å². The number of nitrogens with one attached hydrogen (secondary N) is 1. The molecule has 4 aliphatic carbocycles. The lowest BCUT2D eigenvalue weighted by Crippen LogP contribution is -2.48. The second-order valence-electron chi connectivity index (χ2n) is 7.10. The summed E-state index contributed by atoms with van der Waals surface area (Å²) in [6.45, 7) is 0. The summed E-state index contributed by atoms with van der Waals surface area (Å²) in [6, 6.07) is 0. The molecule has 2 aromatic heterocycles. The van der Waals surface area contributed by atoms with Gasteiger partial charge in [-0.2, -0.15) is 4.98 Å². The first-order valence-corrected chi connectivity index (χ1v) is 8.94. The van der Waals surface area contributed by atoms with E-state index in [1.165, 1.54) is 38.5 Å². The predicted molar refractivity (Wildman–Crippen MR) is 83.5 cm³/mol. The molecular formula is C15H17ClN4S. The van der Waals surface area contributed by atoms with E-state index in [9.17, 15) is 0 Å². The van der Waals surface area contributed by atoms with Crippen molar-refractivity contribution in [1.29, 1.82) is 0 Å². The number of aromatic amines is 1. The average Bonchev–Trinajstić information content (AvgIpc) is 2.84. The molecule has 2 heterocycles. The van der Waals surface area contributed by atoms with Crippen LogP contribution in [0.15, 0.2) is 11.4 Å². The Kier molecular flexibility index (Phi) is 2.63. The monoisotopic (exact) mass is 320 g/mol. The zero-order valence-electron chi connectivity index (χ0n) is 11.7. The minimum absolute atomic E-state index is 0.307. The van der Waals surface area contributed by atoms with Crippen LogP contribution in [0.4, 0.5) is 0 Å². The SMILES string of the molecule is Clc1nc(SC23CC4CC(CC(C4)C2)C3)c2[nH]cnc2n1. The van der Waals surface area contributed by atoms with Gasteiger partial charge in [0.2, 0.25) is 5.28 Å². The number of aromatic nitrogens is 4. The molecule has 1 N–H and O–H groups in total. The number of fused-ring (bicyclic) bond motifs is 1. The zero-order valence-corrected chi connectivity index (χ0v) is 13.3. The van der Waals surface area contributed by atoms with E-state index in [1.54, 1.807) is 6.33 Å². The first-order chi connectivity index (χ1) is 10.2. The van der Waals surface area contributed by atoms with Crippen molar-refractivity contribution in [3.05, 3.63) is 11.6 Å². The van der Waals surface area contributed by atoms with E-state index in [0.29, 0.717) is 15.7 Å². The van der Waals surface area contributed by atoms with Crippen molar-refractivity contribution in [2.45, 2.75) is 48.3 Å². The van der Waals surface area contributed by atoms with E-state index in [1.807, 2.05) is 11.8 Å². The number of thioether (sulfide) groups is 1. The molecule has 0 saturated heterocycles. The van der Waals surface area contributed by atoms with Gasteiger partial charge in [-0.1, -0.05) is 11.8 Å². The highest BCUT2D eigenvalue weighted by atomic mass is 35.5. The minimum atomic E-state index is 0.307. The minimum Gasteiger partial charge on any atom is -0.341 e. The predicted octanol–water partition coefficient (Wildman–Crippen LogP) is 4.07. The molecule has 4 nitrogen and oxygen atoms in total. The fourth-order valence-corrected chi connectivity index (χ4v) is 7.18. The molecule has 6 rings (SSSR count). The Labute approximate surface area is 132 Å². The van der Waals surface area contributed by atoms with Gasteiger partial charge in [-0.25, -0.2) is 9.97 Å². The smallest absolute Gasteiger partial charge is 0.225 e. The van der Waals surface area contributed by atoms with Crippen LogP contribution in [0.25, 0.3) is 11.2 Å². The lowest BCUT2D eigenvalue weighted by molar-refractivity contribution is 0.0383. The standard InChI is InChI=1S/C15H17ClN4S/c16-14-19-12-11(17-7-18-12)13(20-14)21-15-4-8-1-9(5-15)3-10(2-8)6-15/h7-10H,1-6H2,(H,17,18,19,20). The lowest BCUT2D eigenvalue weighted by atomic mass is 9.56. The van der Waals surface area contributed by atoms with Gasteiger partial charge in [0.05, 0.1) is 6.33 Å². The number of halogens is 1. The van der Waals surface area contributed by atoms with Crippen LogP contribution in [-0.4, -0.2) is 24.7 Å². The molecule has 2 aromatic rings. The Balaban J connectivity index is 1.55. The van der Waals surface area contributed by atoms with Crippen LogP contribution in [0.2, 0.25) is 5.28 Å². The van der Waals surface area contributed by atoms with E-state index in [2.05, 4.69) is 19.9 Å². The molecule has 0 radical (unpaired) electrons. The molecule has 110 valence electrons. The van der Waals surface area contributed by atoms with Crippen LogP contribution in [0, 0.1) is 17.8 Å². The molecule has 0 unspecified atom stereocenters. The Hall–Kier alpha value is -0.810. The van der Waals surface area contributed by atoms with E-state index < -0.39 is 0 Å². The molecule has 0 atom stereocenters. The Morgan fingerprint density at radius 3 is 2.43 bits per heavy atom. The molecule has 21 heavy (non-hydrogen) atoms. The molecule has 4 fully saturated rings. The van der Waals surface area contributed by atoms with Gasteiger partial charge in [0, 0.05) is 4.75 Å². The fraction of sp³-hybridized carbons (Fsp3) is 0.667. The fourth-order valence-electron chi connectivity index (χ4n) is 5.22. The molecule has 0 aromatic carbocycles. The summed E-state index contributed by atoms with van der Waals surface area (Å²) in [5, 5.41) is 1.30. The summed E-state index contributed by atoms with van der Waals surface area (Å²) in [5.41, 5.74) is 1.63. The summed E-state index contributed by atoms with van der Waals surface area (Å²) in [4.78, 5) is 16.1. The lowest BCUT2D eigenvalue weighted by Gasteiger charge is -2.56. The van der Waals surface area contributed by atoms with Gasteiger partial charge in [0.25, 0.3) is 0 Å². The largest absolute Gasteiger partial charge is 0.341 e. The highest BCUT2D eigenvalue weighted by molar-refractivity contribution is 8.00. The normalized spacial score (nSPS) is 37.5. The zero-order chi connectivity index (χ0) is 14.0. The van der Waals surface area contributed by atoms with Crippen LogP contribution in [-0.2, 0) is 0 Å². The van der Waals surface area contributed by atoms with E-state index in [4.69, 9.17) is 11.6 Å². The van der Waals surface area contributed by atoms with Crippen molar-refractivity contribution in [2.24, 2.45) is 17.8 Å². The van der Waals surface area contributed by atoms with E-state index >= 15 is 0 Å². The highest BCUT2D eigenvalue weighted by Gasteiger charge is 2.51. The van der Waals surface area contributed by atoms with Crippen molar-refractivity contribution < 1.29 is 0 Å². The van der Waals surface area contributed by atoms with Gasteiger partial charge in [-0.3, -0.25) is 0 Å². The molecule has 4 aliphatic rings. The van der Waals surface area contributed by atoms with E-state index in [-0.39, 0.29) is 0 Å². The third-order valence-electron chi connectivity index (χ3n) is 5.52. The Morgan fingerprint density at radius 1 is 1.10 bits per heavy atom. The maximum atomic E-state index is 6.08. The van der Waals surface area contributed by atoms with Crippen molar-refractivity contribution in [3.8, 4) is 0 Å². The molecular weight excluding hydrogens is 304 g/mol. The summed E-state index contributed by atoms with van der Waals surface area (Å²) in [7, 11) is 0. The summed E-state index contributed by atoms with van der Waals surface area (Å²) < 4.78 is 0.379. The van der Waals surface area contributed by atoms with Crippen molar-refractivity contribution in [1.82, 2.24) is 19.9 Å². The van der Waals surface area contributed by atoms with Gasteiger partial charge >= 0.3 is 0 Å². The van der Waals surface area contributed by atoms with Gasteiger partial charge in [0.1, 0.15) is 10.5 Å². The summed E-state index contributed by atoms with van der Waals surface area (Å²) >= 11 is 8.02. The Bertz CT molecular complexity index is 677. The van der Waals surface area contributed by atoms with Crippen molar-refractivity contribution >= 4 is 34.5 Å². The van der Waals surface area contributed by atoms with Gasteiger partial charge < -0.3 is 4.98 Å². The third kappa shape index (κ3) is 2.00.